The zero-order valence-electron chi connectivity index (χ0n) is 13.6. The van der Waals surface area contributed by atoms with Crippen molar-refractivity contribution < 1.29 is 14.3 Å². The van der Waals surface area contributed by atoms with Crippen LogP contribution in [0.4, 0.5) is 0 Å². The highest BCUT2D eigenvalue weighted by Crippen LogP contribution is 2.36. The minimum absolute atomic E-state index is 0.140. The molecule has 1 atom stereocenters. The molecule has 0 N–H and O–H groups in total. The molecule has 0 aliphatic rings. The third-order valence-electron chi connectivity index (χ3n) is 3.53. The lowest BCUT2D eigenvalue weighted by Crippen LogP contribution is -2.24. The molecule has 0 saturated heterocycles. The molecular weight excluding hydrogens is 307 g/mol. The van der Waals surface area contributed by atoms with Crippen molar-refractivity contribution in [3.63, 3.8) is 0 Å². The van der Waals surface area contributed by atoms with Gasteiger partial charge in [0.25, 0.3) is 0 Å². The third-order valence-corrected chi connectivity index (χ3v) is 6.28. The fourth-order valence-corrected chi connectivity index (χ4v) is 4.77. The number of carbonyl (C=O) groups excluding carboxylic acids is 1. The number of rotatable bonds is 8. The number of benzene rings is 2. The van der Waals surface area contributed by atoms with Crippen LogP contribution in [0, 0.1) is 5.92 Å². The SMILES string of the molecule is COCCOC(=O)C(C)CP(c1ccccc1)c1ccccc1. The van der Waals surface area contributed by atoms with Crippen LogP contribution < -0.4 is 10.6 Å². The van der Waals surface area contributed by atoms with Gasteiger partial charge in [-0.25, -0.2) is 0 Å². The Kier molecular flexibility index (Phi) is 7.25. The summed E-state index contributed by atoms with van der Waals surface area (Å²) in [5.41, 5.74) is 0. The molecule has 0 aliphatic carbocycles. The zero-order chi connectivity index (χ0) is 16.5. The van der Waals surface area contributed by atoms with Crippen LogP contribution in [-0.4, -0.2) is 32.5 Å². The number of carbonyl (C=O) groups is 1. The first-order valence-electron chi connectivity index (χ1n) is 7.75. The second kappa shape index (κ2) is 9.44. The Labute approximate surface area is 139 Å². The number of ether oxygens (including phenoxy) is 2. The van der Waals surface area contributed by atoms with Crippen LogP contribution in [0.2, 0.25) is 0 Å². The molecule has 0 radical (unpaired) electrons. The number of hydrogen-bond donors (Lipinski definition) is 0. The molecule has 2 rings (SSSR count). The first-order chi connectivity index (χ1) is 11.2. The summed E-state index contributed by atoms with van der Waals surface area (Å²) in [7, 11) is 1.03. The second-order valence-electron chi connectivity index (χ2n) is 5.34. The van der Waals surface area contributed by atoms with Gasteiger partial charge < -0.3 is 9.47 Å². The van der Waals surface area contributed by atoms with Crippen molar-refractivity contribution in [1.82, 2.24) is 0 Å². The fraction of sp³-hybridized carbons (Fsp3) is 0.316. The van der Waals surface area contributed by atoms with E-state index in [1.807, 2.05) is 19.1 Å². The van der Waals surface area contributed by atoms with Gasteiger partial charge in [0.15, 0.2) is 0 Å². The van der Waals surface area contributed by atoms with Crippen LogP contribution >= 0.6 is 7.92 Å². The summed E-state index contributed by atoms with van der Waals surface area (Å²) in [6.45, 7) is 2.69. The quantitative estimate of drug-likeness (QED) is 0.424. The summed E-state index contributed by atoms with van der Waals surface area (Å²) < 4.78 is 10.2. The Morgan fingerprint density at radius 3 is 1.96 bits per heavy atom. The summed E-state index contributed by atoms with van der Waals surface area (Å²) in [5.74, 6) is -0.292. The van der Waals surface area contributed by atoms with Gasteiger partial charge in [-0.15, -0.1) is 0 Å². The number of esters is 1. The van der Waals surface area contributed by atoms with Crippen LogP contribution in [0.3, 0.4) is 0 Å². The minimum atomic E-state index is -0.573. The van der Waals surface area contributed by atoms with Crippen molar-refractivity contribution in [2.75, 3.05) is 26.5 Å². The van der Waals surface area contributed by atoms with E-state index in [1.54, 1.807) is 7.11 Å². The monoisotopic (exact) mass is 330 g/mol. The zero-order valence-corrected chi connectivity index (χ0v) is 14.5. The van der Waals surface area contributed by atoms with E-state index < -0.39 is 7.92 Å². The van der Waals surface area contributed by atoms with Crippen LogP contribution in [0.25, 0.3) is 0 Å². The largest absolute Gasteiger partial charge is 0.463 e. The molecule has 0 aliphatic heterocycles. The van der Waals surface area contributed by atoms with Crippen molar-refractivity contribution in [1.29, 1.82) is 0 Å². The normalized spacial score (nSPS) is 12.1. The Morgan fingerprint density at radius 1 is 0.957 bits per heavy atom. The summed E-state index contributed by atoms with van der Waals surface area (Å²) in [6.07, 6.45) is 0.787. The molecule has 23 heavy (non-hydrogen) atoms. The predicted octanol–water partition coefficient (Wildman–Crippen LogP) is 2.95. The Morgan fingerprint density at radius 2 is 1.48 bits per heavy atom. The predicted molar refractivity (Wildman–Crippen MR) is 95.9 cm³/mol. The van der Waals surface area contributed by atoms with Crippen molar-refractivity contribution in [3.8, 4) is 0 Å². The van der Waals surface area contributed by atoms with E-state index in [9.17, 15) is 4.79 Å². The smallest absolute Gasteiger partial charge is 0.309 e. The molecule has 0 amide bonds. The second-order valence-corrected chi connectivity index (χ2v) is 7.60. The Bertz CT molecular complexity index is 547. The molecule has 2 aromatic carbocycles. The lowest BCUT2D eigenvalue weighted by Gasteiger charge is -2.22. The number of methoxy groups -OCH3 is 1. The van der Waals surface area contributed by atoms with Gasteiger partial charge in [0.05, 0.1) is 12.5 Å². The van der Waals surface area contributed by atoms with Crippen LogP contribution in [0.15, 0.2) is 60.7 Å². The van der Waals surface area contributed by atoms with Gasteiger partial charge in [0.2, 0.25) is 0 Å². The lowest BCUT2D eigenvalue weighted by molar-refractivity contribution is -0.148. The summed E-state index contributed by atoms with van der Waals surface area (Å²) in [5, 5.41) is 2.57. The topological polar surface area (TPSA) is 35.5 Å². The van der Waals surface area contributed by atoms with Crippen molar-refractivity contribution >= 4 is 24.5 Å². The van der Waals surface area contributed by atoms with Crippen LogP contribution in [0.5, 0.6) is 0 Å². The maximum atomic E-state index is 12.1. The van der Waals surface area contributed by atoms with Gasteiger partial charge in [-0.3, -0.25) is 4.79 Å². The van der Waals surface area contributed by atoms with Gasteiger partial charge in [0, 0.05) is 7.11 Å². The van der Waals surface area contributed by atoms with Crippen molar-refractivity contribution in [2.45, 2.75) is 6.92 Å². The molecule has 4 heteroatoms. The average Bonchev–Trinajstić information content (AvgIpc) is 2.61. The van der Waals surface area contributed by atoms with Crippen LogP contribution in [-0.2, 0) is 14.3 Å². The highest BCUT2D eigenvalue weighted by Gasteiger charge is 2.22. The standard InChI is InChI=1S/C19H23O3P/c1-16(19(20)22-14-13-21-2)15-23(17-9-5-3-6-10-17)18-11-7-4-8-12-18/h3-12,16H,13-15H2,1-2H3. The summed E-state index contributed by atoms with van der Waals surface area (Å²) in [6, 6.07) is 20.8. The van der Waals surface area contributed by atoms with Gasteiger partial charge >= 0.3 is 5.97 Å². The highest BCUT2D eigenvalue weighted by atomic mass is 31.1. The van der Waals surface area contributed by atoms with E-state index in [0.29, 0.717) is 13.2 Å². The van der Waals surface area contributed by atoms with Gasteiger partial charge in [-0.05, 0) is 24.7 Å². The average molecular weight is 330 g/mol. The Hall–Kier alpha value is -1.70. The van der Waals surface area contributed by atoms with E-state index in [4.69, 9.17) is 9.47 Å². The molecule has 0 spiro atoms. The van der Waals surface area contributed by atoms with Crippen molar-refractivity contribution in [3.05, 3.63) is 60.7 Å². The van der Waals surface area contributed by atoms with Gasteiger partial charge in [0.1, 0.15) is 6.61 Å². The maximum absolute atomic E-state index is 12.1. The minimum Gasteiger partial charge on any atom is -0.463 e. The molecule has 122 valence electrons. The first kappa shape index (κ1) is 17.7. The highest BCUT2D eigenvalue weighted by molar-refractivity contribution is 7.73. The molecule has 0 fully saturated rings. The van der Waals surface area contributed by atoms with E-state index >= 15 is 0 Å². The molecular formula is C19H23O3P. The van der Waals surface area contributed by atoms with E-state index in [-0.39, 0.29) is 11.9 Å². The Balaban J connectivity index is 2.11. The van der Waals surface area contributed by atoms with Gasteiger partial charge in [-0.1, -0.05) is 67.6 Å². The van der Waals surface area contributed by atoms with Crippen LogP contribution in [0.1, 0.15) is 6.92 Å². The van der Waals surface area contributed by atoms with Gasteiger partial charge in [-0.2, -0.15) is 0 Å². The molecule has 3 nitrogen and oxygen atoms in total. The molecule has 1 unspecified atom stereocenters. The molecule has 0 aromatic heterocycles. The van der Waals surface area contributed by atoms with E-state index in [2.05, 4.69) is 48.5 Å². The third kappa shape index (κ3) is 5.46. The fourth-order valence-electron chi connectivity index (χ4n) is 2.29. The molecule has 0 heterocycles. The number of hydrogen-bond acceptors (Lipinski definition) is 3. The van der Waals surface area contributed by atoms with E-state index in [0.717, 1.165) is 6.16 Å². The summed E-state index contributed by atoms with van der Waals surface area (Å²) in [4.78, 5) is 12.1. The molecule has 2 aromatic rings. The lowest BCUT2D eigenvalue weighted by atomic mass is 10.2. The first-order valence-corrected chi connectivity index (χ1v) is 9.28. The molecule has 0 saturated carbocycles. The van der Waals surface area contributed by atoms with E-state index in [1.165, 1.54) is 10.6 Å². The molecule has 0 bridgehead atoms. The maximum Gasteiger partial charge on any atom is 0.309 e. The summed E-state index contributed by atoms with van der Waals surface area (Å²) >= 11 is 0. The van der Waals surface area contributed by atoms with Crippen molar-refractivity contribution in [2.24, 2.45) is 5.92 Å².